The molecule has 1 aromatic carbocycles. The smallest absolute Gasteiger partial charge is 0.411 e. The maximum absolute atomic E-state index is 11.5. The number of ether oxygens (including phenoxy) is 2. The van der Waals surface area contributed by atoms with Gasteiger partial charge >= 0.3 is 6.09 Å². The Morgan fingerprint density at radius 1 is 1.26 bits per heavy atom. The fourth-order valence-electron chi connectivity index (χ4n) is 1.39. The van der Waals surface area contributed by atoms with Crippen molar-refractivity contribution < 1.29 is 14.3 Å². The molecule has 0 heterocycles. The van der Waals surface area contributed by atoms with Crippen LogP contribution in [0.15, 0.2) is 24.3 Å². The summed E-state index contributed by atoms with van der Waals surface area (Å²) in [6.07, 6.45) is -0.478. The van der Waals surface area contributed by atoms with Gasteiger partial charge in [-0.25, -0.2) is 4.79 Å². The zero-order valence-electron chi connectivity index (χ0n) is 11.5. The molecule has 1 aromatic rings. The minimum Gasteiger partial charge on any atom is -0.447 e. The number of hydrogen-bond acceptors (Lipinski definition) is 4. The molecule has 0 bridgehead atoms. The Bertz CT molecular complexity index is 377. The van der Waals surface area contributed by atoms with E-state index in [4.69, 9.17) is 15.2 Å². The van der Waals surface area contributed by atoms with Crippen molar-refractivity contribution in [3.05, 3.63) is 29.8 Å². The van der Waals surface area contributed by atoms with Gasteiger partial charge in [-0.3, -0.25) is 5.32 Å². The average molecular weight is 266 g/mol. The predicted molar refractivity (Wildman–Crippen MR) is 75.0 cm³/mol. The van der Waals surface area contributed by atoms with Crippen LogP contribution in [-0.2, 0) is 16.0 Å². The highest BCUT2D eigenvalue weighted by atomic mass is 16.6. The van der Waals surface area contributed by atoms with Gasteiger partial charge in [-0.05, 0) is 23.6 Å². The molecule has 0 unspecified atom stereocenters. The highest BCUT2D eigenvalue weighted by Crippen LogP contribution is 2.09. The van der Waals surface area contributed by atoms with E-state index in [-0.39, 0.29) is 6.61 Å². The third kappa shape index (κ3) is 6.79. The lowest BCUT2D eigenvalue weighted by molar-refractivity contribution is 0.0650. The van der Waals surface area contributed by atoms with Crippen molar-refractivity contribution >= 4 is 11.8 Å². The molecule has 5 nitrogen and oxygen atoms in total. The number of anilines is 1. The number of amides is 1. The largest absolute Gasteiger partial charge is 0.447 e. The third-order valence-electron chi connectivity index (χ3n) is 2.35. The molecule has 0 radical (unpaired) electrons. The van der Waals surface area contributed by atoms with Crippen LogP contribution in [0, 0.1) is 5.92 Å². The van der Waals surface area contributed by atoms with Crippen molar-refractivity contribution in [1.82, 2.24) is 0 Å². The van der Waals surface area contributed by atoms with E-state index in [1.807, 2.05) is 12.1 Å². The molecule has 0 fully saturated rings. The van der Waals surface area contributed by atoms with Crippen LogP contribution in [0.2, 0.25) is 0 Å². The average Bonchev–Trinajstić information content (AvgIpc) is 2.39. The Kier molecular flexibility index (Phi) is 6.92. The van der Waals surface area contributed by atoms with E-state index in [9.17, 15) is 4.79 Å². The molecule has 0 atom stereocenters. The van der Waals surface area contributed by atoms with Crippen molar-refractivity contribution in [3.8, 4) is 0 Å². The number of rotatable bonds is 7. The fourth-order valence-corrected chi connectivity index (χ4v) is 1.39. The monoisotopic (exact) mass is 266 g/mol. The van der Waals surface area contributed by atoms with E-state index in [2.05, 4.69) is 19.2 Å². The summed E-state index contributed by atoms with van der Waals surface area (Å²) in [7, 11) is 0. The number of hydrogen-bond donors (Lipinski definition) is 2. The number of carbonyl (C=O) groups is 1. The third-order valence-corrected chi connectivity index (χ3v) is 2.35. The second-order valence-electron chi connectivity index (χ2n) is 4.63. The molecule has 19 heavy (non-hydrogen) atoms. The molecule has 1 rings (SSSR count). The van der Waals surface area contributed by atoms with Crippen molar-refractivity contribution in [1.29, 1.82) is 0 Å². The quantitative estimate of drug-likeness (QED) is 0.743. The van der Waals surface area contributed by atoms with Crippen LogP contribution in [0.4, 0.5) is 10.5 Å². The van der Waals surface area contributed by atoms with Crippen LogP contribution in [0.5, 0.6) is 0 Å². The molecular weight excluding hydrogens is 244 g/mol. The SMILES string of the molecule is CC(C)COCCOC(=O)Nc1ccc(CN)cc1. The van der Waals surface area contributed by atoms with Crippen molar-refractivity contribution in [2.75, 3.05) is 25.1 Å². The Hall–Kier alpha value is -1.59. The summed E-state index contributed by atoms with van der Waals surface area (Å²) in [5.74, 6) is 0.481. The van der Waals surface area contributed by atoms with Crippen LogP contribution < -0.4 is 11.1 Å². The molecule has 1 amide bonds. The minimum absolute atomic E-state index is 0.249. The van der Waals surface area contributed by atoms with Crippen LogP contribution in [0.3, 0.4) is 0 Å². The van der Waals surface area contributed by atoms with Crippen LogP contribution in [0.25, 0.3) is 0 Å². The first-order valence-corrected chi connectivity index (χ1v) is 6.42. The zero-order valence-corrected chi connectivity index (χ0v) is 11.5. The molecule has 3 N–H and O–H groups in total. The second kappa shape index (κ2) is 8.50. The van der Waals surface area contributed by atoms with Crippen LogP contribution >= 0.6 is 0 Å². The number of nitrogens with two attached hydrogens (primary N) is 1. The normalized spacial score (nSPS) is 10.5. The fraction of sp³-hybridized carbons (Fsp3) is 0.500. The van der Waals surface area contributed by atoms with Gasteiger partial charge in [0.25, 0.3) is 0 Å². The van der Waals surface area contributed by atoms with Gasteiger partial charge in [0.2, 0.25) is 0 Å². The summed E-state index contributed by atoms with van der Waals surface area (Å²) in [6, 6.07) is 7.31. The van der Waals surface area contributed by atoms with E-state index in [1.54, 1.807) is 12.1 Å². The van der Waals surface area contributed by atoms with Gasteiger partial charge in [-0.15, -0.1) is 0 Å². The Morgan fingerprint density at radius 2 is 1.95 bits per heavy atom. The summed E-state index contributed by atoms with van der Waals surface area (Å²) < 4.78 is 10.3. The Balaban J connectivity index is 2.19. The topological polar surface area (TPSA) is 73.6 Å². The zero-order chi connectivity index (χ0) is 14.1. The van der Waals surface area contributed by atoms with Crippen molar-refractivity contribution in [3.63, 3.8) is 0 Å². The van der Waals surface area contributed by atoms with Crippen molar-refractivity contribution in [2.45, 2.75) is 20.4 Å². The first-order chi connectivity index (χ1) is 9.11. The van der Waals surface area contributed by atoms with Gasteiger partial charge in [0.05, 0.1) is 6.61 Å². The van der Waals surface area contributed by atoms with E-state index in [1.165, 1.54) is 0 Å². The molecule has 0 aliphatic carbocycles. The minimum atomic E-state index is -0.478. The first kappa shape index (κ1) is 15.5. The van der Waals surface area contributed by atoms with Gasteiger partial charge in [-0.1, -0.05) is 26.0 Å². The Labute approximate surface area is 114 Å². The number of nitrogens with one attached hydrogen (secondary N) is 1. The molecular formula is C14H22N2O3. The summed E-state index contributed by atoms with van der Waals surface area (Å²) in [5, 5.41) is 2.64. The molecule has 106 valence electrons. The first-order valence-electron chi connectivity index (χ1n) is 6.42. The van der Waals surface area contributed by atoms with E-state index in [0.29, 0.717) is 31.4 Å². The standard InChI is InChI=1S/C14H22N2O3/c1-11(2)10-18-7-8-19-14(17)16-13-5-3-12(9-15)4-6-13/h3-6,11H,7-10,15H2,1-2H3,(H,16,17). The molecule has 0 spiro atoms. The summed E-state index contributed by atoms with van der Waals surface area (Å²) >= 11 is 0. The summed E-state index contributed by atoms with van der Waals surface area (Å²) in [4.78, 5) is 11.5. The molecule has 0 aliphatic rings. The molecule has 0 saturated carbocycles. The second-order valence-corrected chi connectivity index (χ2v) is 4.63. The number of carbonyl (C=O) groups excluding carboxylic acids is 1. The maximum Gasteiger partial charge on any atom is 0.411 e. The summed E-state index contributed by atoms with van der Waals surface area (Å²) in [6.45, 7) is 5.96. The highest BCUT2D eigenvalue weighted by Gasteiger charge is 2.03. The van der Waals surface area contributed by atoms with Crippen LogP contribution in [-0.4, -0.2) is 25.9 Å². The van der Waals surface area contributed by atoms with E-state index < -0.39 is 6.09 Å². The summed E-state index contributed by atoms with van der Waals surface area (Å²) in [5.41, 5.74) is 7.19. The van der Waals surface area contributed by atoms with Gasteiger partial charge in [0, 0.05) is 18.8 Å². The molecule has 0 aromatic heterocycles. The maximum atomic E-state index is 11.5. The van der Waals surface area contributed by atoms with Gasteiger partial charge in [-0.2, -0.15) is 0 Å². The van der Waals surface area contributed by atoms with Gasteiger partial charge < -0.3 is 15.2 Å². The van der Waals surface area contributed by atoms with Gasteiger partial charge in [0.15, 0.2) is 0 Å². The van der Waals surface area contributed by atoms with Crippen molar-refractivity contribution in [2.24, 2.45) is 11.7 Å². The van der Waals surface area contributed by atoms with E-state index >= 15 is 0 Å². The lowest BCUT2D eigenvalue weighted by Crippen LogP contribution is -2.17. The molecule has 5 heteroatoms. The molecule has 0 aliphatic heterocycles. The van der Waals surface area contributed by atoms with Gasteiger partial charge in [0.1, 0.15) is 6.61 Å². The lowest BCUT2D eigenvalue weighted by atomic mass is 10.2. The predicted octanol–water partition coefficient (Wildman–Crippen LogP) is 2.37. The van der Waals surface area contributed by atoms with E-state index in [0.717, 1.165) is 5.56 Å². The Morgan fingerprint density at radius 3 is 2.53 bits per heavy atom. The van der Waals surface area contributed by atoms with Crippen LogP contribution in [0.1, 0.15) is 19.4 Å². The lowest BCUT2D eigenvalue weighted by Gasteiger charge is -2.09. The molecule has 0 saturated heterocycles. The highest BCUT2D eigenvalue weighted by molar-refractivity contribution is 5.84. The number of benzene rings is 1.